The molecule has 2 unspecified atom stereocenters. The molecule has 0 fully saturated rings. The van der Waals surface area contributed by atoms with Crippen molar-refractivity contribution in [2.75, 3.05) is 7.05 Å². The summed E-state index contributed by atoms with van der Waals surface area (Å²) in [5.41, 5.74) is 8.96. The average Bonchev–Trinajstić information content (AvgIpc) is 2.95. The van der Waals surface area contributed by atoms with E-state index >= 15 is 0 Å². The molecule has 0 aliphatic heterocycles. The number of rotatable bonds is 6. The van der Waals surface area contributed by atoms with Crippen LogP contribution in [-0.4, -0.2) is 18.0 Å². The second-order valence-electron chi connectivity index (χ2n) is 5.08. The number of likely N-dealkylation sites (N-methyl/N-ethyl adjacent to an activating group) is 1. The van der Waals surface area contributed by atoms with E-state index in [0.717, 1.165) is 17.4 Å². The van der Waals surface area contributed by atoms with E-state index < -0.39 is 0 Å². The number of benzene rings is 1. The van der Waals surface area contributed by atoms with Crippen molar-refractivity contribution in [1.29, 1.82) is 0 Å². The molecule has 0 aliphatic carbocycles. The molecule has 0 spiro atoms. The highest BCUT2D eigenvalue weighted by molar-refractivity contribution is 9.10. The van der Waals surface area contributed by atoms with Gasteiger partial charge in [0.1, 0.15) is 0 Å². The van der Waals surface area contributed by atoms with Crippen molar-refractivity contribution >= 4 is 27.3 Å². The lowest BCUT2D eigenvalue weighted by atomic mass is 9.98. The summed E-state index contributed by atoms with van der Waals surface area (Å²) in [6.07, 6.45) is 0.973. The third-order valence-corrected chi connectivity index (χ3v) is 5.09. The Labute approximate surface area is 133 Å². The van der Waals surface area contributed by atoms with Crippen LogP contribution in [-0.2, 0) is 6.54 Å². The van der Waals surface area contributed by atoms with Crippen molar-refractivity contribution in [2.24, 2.45) is 5.73 Å². The lowest BCUT2D eigenvalue weighted by Crippen LogP contribution is -2.38. The van der Waals surface area contributed by atoms with Crippen LogP contribution in [0.4, 0.5) is 0 Å². The fraction of sp³-hybridized carbons (Fsp3) is 0.375. The molecule has 0 saturated carbocycles. The largest absolute Gasteiger partial charge is 0.326 e. The molecule has 0 radical (unpaired) electrons. The van der Waals surface area contributed by atoms with Gasteiger partial charge >= 0.3 is 0 Å². The first-order valence-electron chi connectivity index (χ1n) is 6.84. The number of nitrogens with zero attached hydrogens (tertiary/aromatic N) is 1. The number of halogens is 1. The Morgan fingerprint density at radius 3 is 2.65 bits per heavy atom. The molecule has 108 valence electrons. The van der Waals surface area contributed by atoms with Crippen molar-refractivity contribution < 1.29 is 0 Å². The summed E-state index contributed by atoms with van der Waals surface area (Å²) in [6.45, 7) is 3.03. The average molecular weight is 353 g/mol. The molecule has 1 heterocycles. The lowest BCUT2D eigenvalue weighted by molar-refractivity contribution is 0.202. The molecule has 0 bridgehead atoms. The van der Waals surface area contributed by atoms with Crippen LogP contribution in [0.2, 0.25) is 0 Å². The standard InChI is InChI=1S/C16H21BrN2S/c1-3-15(18)16(13-8-9-20-11-13)19(2)10-12-6-4-5-7-14(12)17/h4-9,11,15-16H,3,10,18H2,1-2H3. The van der Waals surface area contributed by atoms with E-state index in [9.17, 15) is 0 Å². The third-order valence-electron chi connectivity index (χ3n) is 3.61. The van der Waals surface area contributed by atoms with Crippen LogP contribution in [0.5, 0.6) is 0 Å². The van der Waals surface area contributed by atoms with E-state index in [1.54, 1.807) is 11.3 Å². The molecule has 2 nitrogen and oxygen atoms in total. The van der Waals surface area contributed by atoms with E-state index in [1.165, 1.54) is 11.1 Å². The van der Waals surface area contributed by atoms with Crippen LogP contribution in [0.25, 0.3) is 0 Å². The summed E-state index contributed by atoms with van der Waals surface area (Å²) in [5, 5.41) is 4.33. The maximum absolute atomic E-state index is 6.35. The van der Waals surface area contributed by atoms with Crippen LogP contribution >= 0.6 is 27.3 Å². The summed E-state index contributed by atoms with van der Waals surface area (Å²) < 4.78 is 1.15. The Kier molecular flexibility index (Phi) is 5.78. The smallest absolute Gasteiger partial charge is 0.0507 e. The van der Waals surface area contributed by atoms with Gasteiger partial charge in [0.15, 0.2) is 0 Å². The molecule has 0 amide bonds. The monoisotopic (exact) mass is 352 g/mol. The van der Waals surface area contributed by atoms with E-state index in [0.29, 0.717) is 0 Å². The van der Waals surface area contributed by atoms with Crippen LogP contribution in [0.15, 0.2) is 45.6 Å². The molecular formula is C16H21BrN2S. The molecular weight excluding hydrogens is 332 g/mol. The normalized spacial score (nSPS) is 14.4. The Morgan fingerprint density at radius 2 is 2.05 bits per heavy atom. The van der Waals surface area contributed by atoms with E-state index in [4.69, 9.17) is 5.73 Å². The first-order chi connectivity index (χ1) is 9.63. The van der Waals surface area contributed by atoms with Crippen LogP contribution in [0.1, 0.15) is 30.5 Å². The Bertz CT molecular complexity index is 527. The molecule has 4 heteroatoms. The van der Waals surface area contributed by atoms with Gasteiger partial charge in [-0.05, 0) is 47.5 Å². The second kappa shape index (κ2) is 7.36. The minimum atomic E-state index is 0.150. The molecule has 1 aromatic heterocycles. The van der Waals surface area contributed by atoms with Crippen molar-refractivity contribution in [3.05, 3.63) is 56.7 Å². The quantitative estimate of drug-likeness (QED) is 0.833. The molecule has 0 aliphatic rings. The van der Waals surface area contributed by atoms with Gasteiger partial charge in [0.25, 0.3) is 0 Å². The SMILES string of the molecule is CCC(N)C(c1ccsc1)N(C)Cc1ccccc1Br. The van der Waals surface area contributed by atoms with Crippen molar-refractivity contribution in [2.45, 2.75) is 32.0 Å². The van der Waals surface area contributed by atoms with Gasteiger partial charge in [-0.1, -0.05) is 41.1 Å². The van der Waals surface area contributed by atoms with E-state index in [-0.39, 0.29) is 12.1 Å². The van der Waals surface area contributed by atoms with Crippen LogP contribution in [0.3, 0.4) is 0 Å². The first-order valence-corrected chi connectivity index (χ1v) is 8.58. The minimum Gasteiger partial charge on any atom is -0.326 e. The predicted molar refractivity (Wildman–Crippen MR) is 90.9 cm³/mol. The van der Waals surface area contributed by atoms with Gasteiger partial charge in [-0.25, -0.2) is 0 Å². The van der Waals surface area contributed by atoms with Gasteiger partial charge in [-0.15, -0.1) is 0 Å². The van der Waals surface area contributed by atoms with Gasteiger partial charge in [-0.3, -0.25) is 4.90 Å². The Hall–Kier alpha value is -0.680. The van der Waals surface area contributed by atoms with Crippen LogP contribution < -0.4 is 5.73 Å². The van der Waals surface area contributed by atoms with Gasteiger partial charge in [0.05, 0.1) is 6.04 Å². The topological polar surface area (TPSA) is 29.3 Å². The van der Waals surface area contributed by atoms with Gasteiger partial charge in [0.2, 0.25) is 0 Å². The van der Waals surface area contributed by atoms with Gasteiger partial charge in [0, 0.05) is 17.1 Å². The Morgan fingerprint density at radius 1 is 1.30 bits per heavy atom. The zero-order valence-corrected chi connectivity index (χ0v) is 14.3. The molecule has 20 heavy (non-hydrogen) atoms. The fourth-order valence-corrected chi connectivity index (χ4v) is 3.59. The molecule has 2 atom stereocenters. The van der Waals surface area contributed by atoms with Gasteiger partial charge < -0.3 is 5.73 Å². The molecule has 2 rings (SSSR count). The van der Waals surface area contributed by atoms with Crippen LogP contribution in [0, 0.1) is 0 Å². The maximum Gasteiger partial charge on any atom is 0.0507 e. The molecule has 2 aromatic rings. The minimum absolute atomic E-state index is 0.150. The van der Waals surface area contributed by atoms with E-state index in [1.807, 2.05) is 6.07 Å². The summed E-state index contributed by atoms with van der Waals surface area (Å²) in [5.74, 6) is 0. The molecule has 1 aromatic carbocycles. The fourth-order valence-electron chi connectivity index (χ4n) is 2.49. The maximum atomic E-state index is 6.35. The predicted octanol–water partition coefficient (Wildman–Crippen LogP) is 4.42. The van der Waals surface area contributed by atoms with Crippen molar-refractivity contribution in [3.63, 3.8) is 0 Å². The second-order valence-corrected chi connectivity index (χ2v) is 6.71. The number of hydrogen-bond donors (Lipinski definition) is 1. The molecule has 0 saturated heterocycles. The summed E-state index contributed by atoms with van der Waals surface area (Å²) >= 11 is 5.35. The molecule has 2 N–H and O–H groups in total. The zero-order valence-electron chi connectivity index (χ0n) is 11.9. The Balaban J connectivity index is 2.19. The van der Waals surface area contributed by atoms with Crippen molar-refractivity contribution in [3.8, 4) is 0 Å². The van der Waals surface area contributed by atoms with Crippen molar-refractivity contribution in [1.82, 2.24) is 4.90 Å². The van der Waals surface area contributed by atoms with Gasteiger partial charge in [-0.2, -0.15) is 11.3 Å². The zero-order chi connectivity index (χ0) is 14.5. The summed E-state index contributed by atoms with van der Waals surface area (Å²) in [6, 6.07) is 11.0. The van der Waals surface area contributed by atoms with E-state index in [2.05, 4.69) is 69.8 Å². The number of thiophene rings is 1. The highest BCUT2D eigenvalue weighted by atomic mass is 79.9. The number of hydrogen-bond acceptors (Lipinski definition) is 3. The first kappa shape index (κ1) is 15.7. The summed E-state index contributed by atoms with van der Waals surface area (Å²) in [7, 11) is 2.15. The highest BCUT2D eigenvalue weighted by Gasteiger charge is 2.23. The summed E-state index contributed by atoms with van der Waals surface area (Å²) in [4.78, 5) is 2.34. The third kappa shape index (κ3) is 3.70. The number of nitrogens with two attached hydrogens (primary N) is 1. The highest BCUT2D eigenvalue weighted by Crippen LogP contribution is 2.28. The lowest BCUT2D eigenvalue weighted by Gasteiger charge is -2.32.